The van der Waals surface area contributed by atoms with Gasteiger partial charge < -0.3 is 19.4 Å². The SMILES string of the molecule is COc1ccc(-c2nnc(SCC(=O)Nc3ccc(Oc4ccc(C)cc4)cc3)n2C)cc1. The molecule has 0 aliphatic carbocycles. The summed E-state index contributed by atoms with van der Waals surface area (Å²) in [5.74, 6) is 3.08. The minimum atomic E-state index is -0.124. The molecule has 168 valence electrons. The van der Waals surface area contributed by atoms with Crippen LogP contribution in [-0.4, -0.2) is 33.5 Å². The van der Waals surface area contributed by atoms with E-state index in [0.717, 1.165) is 22.9 Å². The first-order chi connectivity index (χ1) is 16.0. The summed E-state index contributed by atoms with van der Waals surface area (Å²) in [6.45, 7) is 2.03. The summed E-state index contributed by atoms with van der Waals surface area (Å²) in [6, 6.07) is 22.7. The van der Waals surface area contributed by atoms with Gasteiger partial charge in [-0.15, -0.1) is 10.2 Å². The van der Waals surface area contributed by atoms with E-state index >= 15 is 0 Å². The van der Waals surface area contributed by atoms with Gasteiger partial charge in [0.2, 0.25) is 5.91 Å². The van der Waals surface area contributed by atoms with Gasteiger partial charge in [-0.2, -0.15) is 0 Å². The number of nitrogens with one attached hydrogen (secondary N) is 1. The van der Waals surface area contributed by atoms with Crippen molar-refractivity contribution < 1.29 is 14.3 Å². The van der Waals surface area contributed by atoms with Crippen LogP contribution in [0, 0.1) is 6.92 Å². The normalized spacial score (nSPS) is 10.6. The molecule has 33 heavy (non-hydrogen) atoms. The van der Waals surface area contributed by atoms with E-state index in [4.69, 9.17) is 9.47 Å². The molecule has 8 heteroatoms. The Morgan fingerprint density at radius 2 is 1.52 bits per heavy atom. The molecule has 0 aliphatic rings. The number of benzene rings is 3. The molecule has 0 saturated carbocycles. The molecule has 1 heterocycles. The lowest BCUT2D eigenvalue weighted by Crippen LogP contribution is -2.14. The summed E-state index contributed by atoms with van der Waals surface area (Å²) in [6.07, 6.45) is 0. The van der Waals surface area contributed by atoms with Crippen molar-refractivity contribution in [2.45, 2.75) is 12.1 Å². The molecule has 0 fully saturated rings. The van der Waals surface area contributed by atoms with E-state index < -0.39 is 0 Å². The summed E-state index contributed by atoms with van der Waals surface area (Å²) in [4.78, 5) is 12.4. The van der Waals surface area contributed by atoms with Gasteiger partial charge >= 0.3 is 0 Å². The van der Waals surface area contributed by atoms with Crippen molar-refractivity contribution in [2.75, 3.05) is 18.2 Å². The highest BCUT2D eigenvalue weighted by atomic mass is 32.2. The average Bonchev–Trinajstić information content (AvgIpc) is 3.20. The Kier molecular flexibility index (Phi) is 6.95. The van der Waals surface area contributed by atoms with Gasteiger partial charge in [-0.25, -0.2) is 0 Å². The summed E-state index contributed by atoms with van der Waals surface area (Å²) in [5.41, 5.74) is 2.81. The lowest BCUT2D eigenvalue weighted by Gasteiger charge is -2.08. The van der Waals surface area contributed by atoms with Gasteiger partial charge in [0.15, 0.2) is 11.0 Å². The van der Waals surface area contributed by atoms with Crippen LogP contribution in [0.25, 0.3) is 11.4 Å². The van der Waals surface area contributed by atoms with Gasteiger partial charge in [-0.05, 0) is 67.6 Å². The van der Waals surface area contributed by atoms with Crippen molar-refractivity contribution in [3.05, 3.63) is 78.4 Å². The second kappa shape index (κ2) is 10.2. The lowest BCUT2D eigenvalue weighted by molar-refractivity contribution is -0.113. The summed E-state index contributed by atoms with van der Waals surface area (Å²) < 4.78 is 12.9. The van der Waals surface area contributed by atoms with Crippen molar-refractivity contribution in [3.63, 3.8) is 0 Å². The Morgan fingerprint density at radius 3 is 2.15 bits per heavy atom. The number of thioether (sulfide) groups is 1. The van der Waals surface area contributed by atoms with Gasteiger partial charge in [0.05, 0.1) is 12.9 Å². The van der Waals surface area contributed by atoms with Gasteiger partial charge in [0.25, 0.3) is 0 Å². The second-order valence-corrected chi connectivity index (χ2v) is 8.31. The third kappa shape index (κ3) is 5.72. The quantitative estimate of drug-likeness (QED) is 0.359. The van der Waals surface area contributed by atoms with Crippen LogP contribution in [0.5, 0.6) is 17.2 Å². The van der Waals surface area contributed by atoms with Crippen LogP contribution < -0.4 is 14.8 Å². The second-order valence-electron chi connectivity index (χ2n) is 7.37. The van der Waals surface area contributed by atoms with Gasteiger partial charge in [0, 0.05) is 18.3 Å². The van der Waals surface area contributed by atoms with Gasteiger partial charge in [-0.1, -0.05) is 29.5 Å². The van der Waals surface area contributed by atoms with Crippen LogP contribution in [0.2, 0.25) is 0 Å². The molecule has 0 atom stereocenters. The molecule has 1 amide bonds. The molecule has 0 saturated heterocycles. The third-order valence-electron chi connectivity index (χ3n) is 4.91. The van der Waals surface area contributed by atoms with E-state index in [0.29, 0.717) is 16.6 Å². The van der Waals surface area contributed by atoms with Crippen molar-refractivity contribution in [1.82, 2.24) is 14.8 Å². The number of aryl methyl sites for hydroxylation is 1. The first-order valence-electron chi connectivity index (χ1n) is 10.3. The number of aromatic nitrogens is 3. The van der Waals surface area contributed by atoms with Crippen molar-refractivity contribution in [3.8, 4) is 28.6 Å². The smallest absolute Gasteiger partial charge is 0.234 e. The van der Waals surface area contributed by atoms with Crippen LogP contribution in [0.15, 0.2) is 78.0 Å². The maximum Gasteiger partial charge on any atom is 0.234 e. The zero-order valence-electron chi connectivity index (χ0n) is 18.6. The van der Waals surface area contributed by atoms with Gasteiger partial charge in [-0.3, -0.25) is 4.79 Å². The fraction of sp³-hybridized carbons (Fsp3) is 0.160. The molecule has 3 aromatic carbocycles. The van der Waals surface area contributed by atoms with E-state index in [-0.39, 0.29) is 11.7 Å². The highest BCUT2D eigenvalue weighted by Crippen LogP contribution is 2.26. The van der Waals surface area contributed by atoms with Crippen LogP contribution in [0.4, 0.5) is 5.69 Å². The Morgan fingerprint density at radius 1 is 0.909 bits per heavy atom. The van der Waals surface area contributed by atoms with Crippen LogP contribution in [0.1, 0.15) is 5.56 Å². The lowest BCUT2D eigenvalue weighted by atomic mass is 10.2. The van der Waals surface area contributed by atoms with E-state index in [9.17, 15) is 4.79 Å². The first-order valence-corrected chi connectivity index (χ1v) is 11.3. The zero-order valence-corrected chi connectivity index (χ0v) is 19.4. The number of amides is 1. The fourth-order valence-corrected chi connectivity index (χ4v) is 3.82. The largest absolute Gasteiger partial charge is 0.497 e. The van der Waals surface area contributed by atoms with Crippen LogP contribution >= 0.6 is 11.8 Å². The summed E-state index contributed by atoms with van der Waals surface area (Å²) in [7, 11) is 3.51. The molecule has 0 radical (unpaired) electrons. The monoisotopic (exact) mass is 460 g/mol. The molecule has 7 nitrogen and oxygen atoms in total. The molecule has 0 bridgehead atoms. The Hall–Kier alpha value is -3.78. The predicted molar refractivity (Wildman–Crippen MR) is 130 cm³/mol. The standard InChI is InChI=1S/C25H24N4O3S/c1-17-4-10-21(11-5-17)32-22-14-8-19(9-15-22)26-23(30)16-33-25-28-27-24(29(25)2)18-6-12-20(31-3)13-7-18/h4-15H,16H2,1-3H3,(H,26,30). The number of hydrogen-bond acceptors (Lipinski definition) is 6. The molecule has 4 rings (SSSR count). The third-order valence-corrected chi connectivity index (χ3v) is 5.93. The van der Waals surface area contributed by atoms with E-state index in [1.54, 1.807) is 7.11 Å². The maximum absolute atomic E-state index is 12.4. The number of rotatable bonds is 8. The highest BCUT2D eigenvalue weighted by Gasteiger charge is 2.13. The molecular weight excluding hydrogens is 436 g/mol. The number of anilines is 1. The fourth-order valence-electron chi connectivity index (χ4n) is 3.11. The molecule has 1 aromatic heterocycles. The van der Waals surface area contributed by atoms with E-state index in [1.165, 1.54) is 17.3 Å². The predicted octanol–water partition coefficient (Wildman–Crippen LogP) is 5.32. The molecule has 0 spiro atoms. The van der Waals surface area contributed by atoms with Gasteiger partial charge in [0.1, 0.15) is 17.2 Å². The average molecular weight is 461 g/mol. The number of carbonyl (C=O) groups excluding carboxylic acids is 1. The molecule has 4 aromatic rings. The van der Waals surface area contributed by atoms with Crippen molar-refractivity contribution >= 4 is 23.4 Å². The summed E-state index contributed by atoms with van der Waals surface area (Å²) >= 11 is 1.33. The van der Waals surface area contributed by atoms with Crippen molar-refractivity contribution in [1.29, 1.82) is 0 Å². The zero-order chi connectivity index (χ0) is 23.2. The molecule has 0 unspecified atom stereocenters. The Balaban J connectivity index is 1.31. The van der Waals surface area contributed by atoms with E-state index in [2.05, 4.69) is 15.5 Å². The Bertz CT molecular complexity index is 1220. The molecule has 0 aliphatic heterocycles. The first kappa shape index (κ1) is 22.4. The Labute approximate surface area is 196 Å². The number of carbonyl (C=O) groups is 1. The number of methoxy groups -OCH3 is 1. The molecular formula is C25H24N4O3S. The number of hydrogen-bond donors (Lipinski definition) is 1. The minimum absolute atomic E-state index is 0.124. The minimum Gasteiger partial charge on any atom is -0.497 e. The van der Waals surface area contributed by atoms with E-state index in [1.807, 2.05) is 91.3 Å². The summed E-state index contributed by atoms with van der Waals surface area (Å²) in [5, 5.41) is 12.0. The highest BCUT2D eigenvalue weighted by molar-refractivity contribution is 7.99. The van der Waals surface area contributed by atoms with Crippen molar-refractivity contribution in [2.24, 2.45) is 7.05 Å². The topological polar surface area (TPSA) is 78.3 Å². The number of nitrogens with zero attached hydrogens (tertiary/aromatic N) is 3. The van der Waals surface area contributed by atoms with Crippen LogP contribution in [-0.2, 0) is 11.8 Å². The number of ether oxygens (including phenoxy) is 2. The molecule has 1 N–H and O–H groups in total. The maximum atomic E-state index is 12.4. The van der Waals surface area contributed by atoms with Crippen LogP contribution in [0.3, 0.4) is 0 Å².